The maximum atomic E-state index is 10.1. The molecule has 0 fully saturated rings. The highest BCUT2D eigenvalue weighted by Crippen LogP contribution is 2.16. The summed E-state index contributed by atoms with van der Waals surface area (Å²) in [6.07, 6.45) is 0.450. The van der Waals surface area contributed by atoms with E-state index in [4.69, 9.17) is 11.6 Å². The minimum atomic E-state index is -1.05. The Morgan fingerprint density at radius 3 is 2.58 bits per heavy atom. The largest absolute Gasteiger partial charge is 0.355 e. The Bertz CT molecular complexity index is 284. The van der Waals surface area contributed by atoms with Gasteiger partial charge in [-0.05, 0) is 18.1 Å². The van der Waals surface area contributed by atoms with Gasteiger partial charge in [0.25, 0.3) is 0 Å². The molecule has 0 aliphatic heterocycles. The van der Waals surface area contributed by atoms with E-state index in [1.54, 1.807) is 6.07 Å². The molecular weight excluding hydrogens is 176 g/mol. The summed E-state index contributed by atoms with van der Waals surface area (Å²) in [7, 11) is 0. The molecule has 0 bridgehead atoms. The van der Waals surface area contributed by atoms with Crippen molar-refractivity contribution in [1.82, 2.24) is 0 Å². The predicted molar refractivity (Wildman–Crippen MR) is 45.5 cm³/mol. The molecule has 1 aromatic rings. The lowest BCUT2D eigenvalue weighted by molar-refractivity contribution is -0.143. The van der Waals surface area contributed by atoms with Crippen molar-refractivity contribution in [2.45, 2.75) is 12.8 Å². The van der Waals surface area contributed by atoms with E-state index in [1.807, 2.05) is 18.2 Å². The summed E-state index contributed by atoms with van der Waals surface area (Å²) in [4.78, 5) is 10.1. The van der Waals surface area contributed by atoms with Gasteiger partial charge in [0.15, 0.2) is 0 Å². The second-order valence-electron chi connectivity index (χ2n) is 2.46. The molecular formula is C9H8ClO2. The van der Waals surface area contributed by atoms with Gasteiger partial charge in [-0.2, -0.15) is 0 Å². The van der Waals surface area contributed by atoms with Gasteiger partial charge in [-0.15, -0.1) is 0 Å². The first-order chi connectivity index (χ1) is 5.70. The van der Waals surface area contributed by atoms with Crippen LogP contribution in [0.3, 0.4) is 0 Å². The number of carbonyl (C=O) groups is 1. The molecule has 0 unspecified atom stereocenters. The van der Waals surface area contributed by atoms with Crippen molar-refractivity contribution >= 4 is 17.6 Å². The number of carbonyl (C=O) groups excluding carboxylic acids is 1. The molecule has 3 heteroatoms. The standard InChI is InChI=1S/C9H8ClO2/c10-8-4-2-1-3-7(8)5-6-9(11)12/h1-4H,5-6H2. The van der Waals surface area contributed by atoms with E-state index < -0.39 is 5.97 Å². The lowest BCUT2D eigenvalue weighted by Gasteiger charge is -1.99. The van der Waals surface area contributed by atoms with Crippen LogP contribution in [0.15, 0.2) is 24.3 Å². The van der Waals surface area contributed by atoms with Crippen LogP contribution in [-0.2, 0) is 16.3 Å². The van der Waals surface area contributed by atoms with Crippen LogP contribution < -0.4 is 0 Å². The molecule has 0 amide bonds. The summed E-state index contributed by atoms with van der Waals surface area (Å²) in [5, 5.41) is 10.7. The molecule has 0 aliphatic rings. The maximum absolute atomic E-state index is 10.1. The van der Waals surface area contributed by atoms with E-state index in [-0.39, 0.29) is 6.42 Å². The summed E-state index contributed by atoms with van der Waals surface area (Å²) in [6, 6.07) is 7.19. The zero-order valence-corrected chi connectivity index (χ0v) is 7.17. The van der Waals surface area contributed by atoms with Crippen LogP contribution in [0, 0.1) is 0 Å². The van der Waals surface area contributed by atoms with Crippen LogP contribution in [0.5, 0.6) is 0 Å². The van der Waals surface area contributed by atoms with Crippen molar-refractivity contribution in [3.05, 3.63) is 34.9 Å². The Labute approximate surface area is 75.8 Å². The molecule has 0 aromatic heterocycles. The number of hydrogen-bond donors (Lipinski definition) is 0. The first kappa shape index (κ1) is 9.07. The zero-order chi connectivity index (χ0) is 8.97. The monoisotopic (exact) mass is 183 g/mol. The molecule has 0 saturated carbocycles. The van der Waals surface area contributed by atoms with Gasteiger partial charge in [-0.3, -0.25) is 0 Å². The summed E-state index contributed by atoms with van der Waals surface area (Å²) >= 11 is 5.79. The van der Waals surface area contributed by atoms with Gasteiger partial charge < -0.3 is 0 Å². The van der Waals surface area contributed by atoms with Crippen molar-refractivity contribution in [1.29, 1.82) is 0 Å². The average molecular weight is 184 g/mol. The predicted octanol–water partition coefficient (Wildman–Crippen LogP) is 2.23. The van der Waals surface area contributed by atoms with Crippen molar-refractivity contribution in [3.63, 3.8) is 0 Å². The van der Waals surface area contributed by atoms with E-state index in [0.29, 0.717) is 11.4 Å². The molecule has 0 spiro atoms. The molecule has 0 aliphatic carbocycles. The van der Waals surface area contributed by atoms with Gasteiger partial charge in [0.2, 0.25) is 0 Å². The zero-order valence-electron chi connectivity index (χ0n) is 6.42. The first-order valence-electron chi connectivity index (χ1n) is 3.63. The Kier molecular flexibility index (Phi) is 3.11. The maximum Gasteiger partial charge on any atom is 0.355 e. The number of benzene rings is 1. The van der Waals surface area contributed by atoms with Crippen molar-refractivity contribution < 1.29 is 9.90 Å². The lowest BCUT2D eigenvalue weighted by Crippen LogP contribution is -1.95. The smallest absolute Gasteiger partial charge is 0.247 e. The van der Waals surface area contributed by atoms with Gasteiger partial charge in [-0.1, -0.05) is 29.8 Å². The molecule has 1 rings (SSSR count). The van der Waals surface area contributed by atoms with Crippen LogP contribution in [0.1, 0.15) is 12.0 Å². The highest BCUT2D eigenvalue weighted by molar-refractivity contribution is 6.31. The van der Waals surface area contributed by atoms with Crippen LogP contribution in [0.4, 0.5) is 0 Å². The molecule has 12 heavy (non-hydrogen) atoms. The van der Waals surface area contributed by atoms with E-state index in [1.165, 1.54) is 0 Å². The van der Waals surface area contributed by atoms with E-state index >= 15 is 0 Å². The normalized spacial score (nSPS) is 9.75. The summed E-state index contributed by atoms with van der Waals surface area (Å²) in [5.41, 5.74) is 0.850. The number of aryl methyl sites for hydroxylation is 1. The molecule has 0 N–H and O–H groups in total. The van der Waals surface area contributed by atoms with Crippen LogP contribution in [0.25, 0.3) is 0 Å². The fraction of sp³-hybridized carbons (Fsp3) is 0.222. The Hall–Kier alpha value is -1.02. The summed E-state index contributed by atoms with van der Waals surface area (Å²) in [5.74, 6) is -1.05. The Morgan fingerprint density at radius 1 is 1.33 bits per heavy atom. The van der Waals surface area contributed by atoms with Crippen molar-refractivity contribution in [2.24, 2.45) is 0 Å². The second kappa shape index (κ2) is 4.12. The number of rotatable bonds is 3. The topological polar surface area (TPSA) is 37.0 Å². The van der Waals surface area contributed by atoms with Gasteiger partial charge >= 0.3 is 5.97 Å². The van der Waals surface area contributed by atoms with E-state index in [9.17, 15) is 9.90 Å². The minimum absolute atomic E-state index is 0.0176. The lowest BCUT2D eigenvalue weighted by atomic mass is 10.1. The van der Waals surface area contributed by atoms with Crippen LogP contribution >= 0.6 is 11.6 Å². The molecule has 0 atom stereocenters. The fourth-order valence-corrected chi connectivity index (χ4v) is 1.17. The van der Waals surface area contributed by atoms with E-state index in [2.05, 4.69) is 0 Å². The van der Waals surface area contributed by atoms with E-state index in [0.717, 1.165) is 5.56 Å². The van der Waals surface area contributed by atoms with Crippen LogP contribution in [-0.4, -0.2) is 5.97 Å². The molecule has 2 nitrogen and oxygen atoms in total. The van der Waals surface area contributed by atoms with Crippen LogP contribution in [0.2, 0.25) is 5.02 Å². The first-order valence-corrected chi connectivity index (χ1v) is 4.01. The third-order valence-electron chi connectivity index (χ3n) is 1.56. The Morgan fingerprint density at radius 2 is 2.00 bits per heavy atom. The van der Waals surface area contributed by atoms with Gasteiger partial charge in [0.1, 0.15) is 0 Å². The highest BCUT2D eigenvalue weighted by atomic mass is 35.5. The quantitative estimate of drug-likeness (QED) is 0.708. The van der Waals surface area contributed by atoms with Gasteiger partial charge in [0, 0.05) is 5.02 Å². The van der Waals surface area contributed by atoms with Gasteiger partial charge in [-0.25, -0.2) is 9.90 Å². The molecule has 63 valence electrons. The van der Waals surface area contributed by atoms with Gasteiger partial charge in [0.05, 0.1) is 6.42 Å². The molecule has 0 heterocycles. The molecule has 0 saturated heterocycles. The second-order valence-corrected chi connectivity index (χ2v) is 2.87. The number of hydrogen-bond acceptors (Lipinski definition) is 1. The third kappa shape index (κ3) is 2.55. The third-order valence-corrected chi connectivity index (χ3v) is 1.93. The van der Waals surface area contributed by atoms with Crippen molar-refractivity contribution in [2.75, 3.05) is 0 Å². The minimum Gasteiger partial charge on any atom is -0.247 e. The summed E-state index contributed by atoms with van der Waals surface area (Å²) in [6.45, 7) is 0. The average Bonchev–Trinajstić information content (AvgIpc) is 2.03. The summed E-state index contributed by atoms with van der Waals surface area (Å²) < 4.78 is 0. The highest BCUT2D eigenvalue weighted by Gasteiger charge is 2.03. The fourth-order valence-electron chi connectivity index (χ4n) is 0.938. The van der Waals surface area contributed by atoms with Crippen molar-refractivity contribution in [3.8, 4) is 0 Å². The molecule has 1 radical (unpaired) electrons. The Balaban J connectivity index is 2.63. The molecule has 1 aromatic carbocycles. The number of halogens is 1. The SMILES string of the molecule is [O]C(=O)CCc1ccccc1Cl.